The van der Waals surface area contributed by atoms with E-state index in [4.69, 9.17) is 4.42 Å². The molecule has 4 rings (SSSR count). The largest absolute Gasteiger partial charge is 0.441 e. The van der Waals surface area contributed by atoms with Crippen LogP contribution in [0.2, 0.25) is 0 Å². The van der Waals surface area contributed by atoms with Crippen molar-refractivity contribution in [2.75, 3.05) is 24.6 Å². The number of carbonyl (C=O) groups is 1. The Labute approximate surface area is 157 Å². The number of nitrogens with zero attached hydrogens (tertiary/aromatic N) is 2. The number of thioether (sulfide) groups is 1. The van der Waals surface area contributed by atoms with Gasteiger partial charge in [0.15, 0.2) is 11.5 Å². The molecule has 1 aromatic heterocycles. The molecule has 0 saturated carbocycles. The van der Waals surface area contributed by atoms with Crippen molar-refractivity contribution in [1.82, 2.24) is 9.88 Å². The summed E-state index contributed by atoms with van der Waals surface area (Å²) in [5.41, 5.74) is 3.56. The van der Waals surface area contributed by atoms with E-state index in [1.165, 1.54) is 5.56 Å². The molecule has 0 N–H and O–H groups in total. The van der Waals surface area contributed by atoms with Crippen molar-refractivity contribution >= 4 is 28.8 Å². The maximum Gasteiger partial charge on any atom is 0.253 e. The molecule has 2 heterocycles. The quantitative estimate of drug-likeness (QED) is 0.679. The normalized spacial score (nSPS) is 14.7. The van der Waals surface area contributed by atoms with Crippen LogP contribution in [-0.4, -0.2) is 40.4 Å². The van der Waals surface area contributed by atoms with Crippen molar-refractivity contribution in [3.8, 4) is 0 Å². The Balaban J connectivity index is 1.43. The minimum Gasteiger partial charge on any atom is -0.441 e. The highest BCUT2D eigenvalue weighted by Crippen LogP contribution is 2.21. The number of aryl methyl sites for hydroxylation is 2. The molecule has 5 heteroatoms. The number of fused-ring (bicyclic) bond motifs is 1. The van der Waals surface area contributed by atoms with E-state index < -0.39 is 0 Å². The molecule has 0 atom stereocenters. The van der Waals surface area contributed by atoms with Gasteiger partial charge in [-0.1, -0.05) is 30.3 Å². The summed E-state index contributed by atoms with van der Waals surface area (Å²) in [5.74, 6) is 2.88. The van der Waals surface area contributed by atoms with Crippen LogP contribution in [0.15, 0.2) is 52.9 Å². The lowest BCUT2D eigenvalue weighted by Crippen LogP contribution is -2.37. The molecular formula is C21H22N2O2S. The number of aromatic nitrogens is 1. The fourth-order valence-electron chi connectivity index (χ4n) is 3.25. The van der Waals surface area contributed by atoms with Gasteiger partial charge in [-0.2, -0.15) is 11.8 Å². The van der Waals surface area contributed by atoms with E-state index in [1.807, 2.05) is 40.9 Å². The SMILES string of the molecule is O=C(c1ccc2oc(CCCc3ccccc3)nc2c1)N1CCSCC1. The number of rotatable bonds is 5. The predicted molar refractivity (Wildman–Crippen MR) is 106 cm³/mol. The lowest BCUT2D eigenvalue weighted by molar-refractivity contribution is 0.0772. The summed E-state index contributed by atoms with van der Waals surface area (Å²) in [6.45, 7) is 1.65. The first-order chi connectivity index (χ1) is 12.8. The second-order valence-electron chi connectivity index (χ2n) is 6.53. The van der Waals surface area contributed by atoms with Gasteiger partial charge in [0.2, 0.25) is 0 Å². The van der Waals surface area contributed by atoms with Crippen LogP contribution in [0.1, 0.15) is 28.2 Å². The molecule has 0 bridgehead atoms. The predicted octanol–water partition coefficient (Wildman–Crippen LogP) is 4.19. The van der Waals surface area contributed by atoms with Crippen LogP contribution in [0.5, 0.6) is 0 Å². The van der Waals surface area contributed by atoms with Crippen LogP contribution >= 0.6 is 11.8 Å². The van der Waals surface area contributed by atoms with E-state index in [9.17, 15) is 4.79 Å². The average Bonchev–Trinajstić information content (AvgIpc) is 3.11. The Morgan fingerprint density at radius 1 is 1.08 bits per heavy atom. The summed E-state index contributed by atoms with van der Waals surface area (Å²) in [6.07, 6.45) is 2.81. The molecule has 4 nitrogen and oxygen atoms in total. The standard InChI is InChI=1S/C21H22N2O2S/c24-21(23-11-13-26-14-12-23)17-9-10-19-18(15-17)22-20(25-19)8-4-7-16-5-2-1-3-6-16/h1-3,5-6,9-10,15H,4,7-8,11-14H2. The molecule has 3 aromatic rings. The number of benzene rings is 2. The summed E-state index contributed by atoms with van der Waals surface area (Å²) in [5, 5.41) is 0. The monoisotopic (exact) mass is 366 g/mol. The average molecular weight is 366 g/mol. The van der Waals surface area contributed by atoms with Crippen molar-refractivity contribution in [3.63, 3.8) is 0 Å². The molecule has 1 fully saturated rings. The first-order valence-corrected chi connectivity index (χ1v) is 10.3. The van der Waals surface area contributed by atoms with Crippen LogP contribution in [0, 0.1) is 0 Å². The molecule has 0 spiro atoms. The maximum atomic E-state index is 12.6. The van der Waals surface area contributed by atoms with Crippen molar-refractivity contribution in [2.24, 2.45) is 0 Å². The molecule has 1 aliphatic heterocycles. The van der Waals surface area contributed by atoms with Gasteiger partial charge in [-0.25, -0.2) is 4.98 Å². The third-order valence-electron chi connectivity index (χ3n) is 4.68. The van der Waals surface area contributed by atoms with Crippen molar-refractivity contribution in [3.05, 3.63) is 65.5 Å². The molecule has 0 radical (unpaired) electrons. The number of hydrogen-bond donors (Lipinski definition) is 0. The number of oxazole rings is 1. The van der Waals surface area contributed by atoms with Gasteiger partial charge in [-0.3, -0.25) is 4.79 Å². The van der Waals surface area contributed by atoms with E-state index >= 15 is 0 Å². The molecule has 0 unspecified atom stereocenters. The molecule has 1 saturated heterocycles. The number of hydrogen-bond acceptors (Lipinski definition) is 4. The van der Waals surface area contributed by atoms with Crippen molar-refractivity contribution in [2.45, 2.75) is 19.3 Å². The Kier molecular flexibility index (Phi) is 5.25. The summed E-state index contributed by atoms with van der Waals surface area (Å²) in [4.78, 5) is 19.2. The van der Waals surface area contributed by atoms with Crippen LogP contribution in [0.4, 0.5) is 0 Å². The fourth-order valence-corrected chi connectivity index (χ4v) is 4.16. The molecule has 0 aliphatic carbocycles. The lowest BCUT2D eigenvalue weighted by atomic mass is 10.1. The van der Waals surface area contributed by atoms with Gasteiger partial charge >= 0.3 is 0 Å². The first kappa shape index (κ1) is 17.2. The number of carbonyl (C=O) groups excluding carboxylic acids is 1. The van der Waals surface area contributed by atoms with Crippen LogP contribution in [-0.2, 0) is 12.8 Å². The zero-order valence-electron chi connectivity index (χ0n) is 14.7. The van der Waals surface area contributed by atoms with E-state index in [1.54, 1.807) is 0 Å². The summed E-state index contributed by atoms with van der Waals surface area (Å²) < 4.78 is 5.85. The van der Waals surface area contributed by atoms with Crippen molar-refractivity contribution in [1.29, 1.82) is 0 Å². The molecule has 26 heavy (non-hydrogen) atoms. The fraction of sp³-hybridized carbons (Fsp3) is 0.333. The smallest absolute Gasteiger partial charge is 0.253 e. The van der Waals surface area contributed by atoms with E-state index in [-0.39, 0.29) is 5.91 Å². The Morgan fingerprint density at radius 3 is 2.69 bits per heavy atom. The van der Waals surface area contributed by atoms with Gasteiger partial charge in [0.25, 0.3) is 5.91 Å². The minimum atomic E-state index is 0.0980. The van der Waals surface area contributed by atoms with E-state index in [0.29, 0.717) is 5.56 Å². The second kappa shape index (κ2) is 7.96. The van der Waals surface area contributed by atoms with E-state index in [2.05, 4.69) is 29.2 Å². The topological polar surface area (TPSA) is 46.3 Å². The van der Waals surface area contributed by atoms with Gasteiger partial charge in [0.1, 0.15) is 5.52 Å². The van der Waals surface area contributed by atoms with Crippen LogP contribution in [0.25, 0.3) is 11.1 Å². The second-order valence-corrected chi connectivity index (χ2v) is 7.76. The Bertz CT molecular complexity index is 885. The third kappa shape index (κ3) is 3.93. The highest BCUT2D eigenvalue weighted by Gasteiger charge is 2.19. The van der Waals surface area contributed by atoms with Gasteiger partial charge in [0.05, 0.1) is 0 Å². The van der Waals surface area contributed by atoms with Gasteiger partial charge in [0, 0.05) is 36.6 Å². The van der Waals surface area contributed by atoms with Crippen molar-refractivity contribution < 1.29 is 9.21 Å². The van der Waals surface area contributed by atoms with Crippen LogP contribution in [0.3, 0.4) is 0 Å². The minimum absolute atomic E-state index is 0.0980. The summed E-state index contributed by atoms with van der Waals surface area (Å²) in [6, 6.07) is 16.0. The molecule has 1 amide bonds. The Hall–Kier alpha value is -2.27. The van der Waals surface area contributed by atoms with Gasteiger partial charge < -0.3 is 9.32 Å². The first-order valence-electron chi connectivity index (χ1n) is 9.10. The lowest BCUT2D eigenvalue weighted by Gasteiger charge is -2.26. The van der Waals surface area contributed by atoms with Crippen LogP contribution < -0.4 is 0 Å². The molecule has 1 aliphatic rings. The molecule has 2 aromatic carbocycles. The Morgan fingerprint density at radius 2 is 1.88 bits per heavy atom. The zero-order chi connectivity index (χ0) is 17.8. The summed E-state index contributed by atoms with van der Waals surface area (Å²) >= 11 is 1.90. The van der Waals surface area contributed by atoms with E-state index in [0.717, 1.165) is 60.8 Å². The molecule has 134 valence electrons. The van der Waals surface area contributed by atoms with Gasteiger partial charge in [-0.05, 0) is 36.6 Å². The highest BCUT2D eigenvalue weighted by atomic mass is 32.2. The maximum absolute atomic E-state index is 12.6. The third-order valence-corrected chi connectivity index (χ3v) is 5.62. The number of amides is 1. The van der Waals surface area contributed by atoms with Gasteiger partial charge in [-0.15, -0.1) is 0 Å². The molecular weight excluding hydrogens is 344 g/mol. The zero-order valence-corrected chi connectivity index (χ0v) is 15.5. The summed E-state index contributed by atoms with van der Waals surface area (Å²) in [7, 11) is 0. The highest BCUT2D eigenvalue weighted by molar-refractivity contribution is 7.99.